The molecule has 0 spiro atoms. The first-order valence-electron chi connectivity index (χ1n) is 6.30. The van der Waals surface area contributed by atoms with Crippen molar-refractivity contribution in [1.82, 2.24) is 0 Å². The fraction of sp³-hybridized carbons (Fsp3) is 0.250. The molecule has 0 saturated heterocycles. The second-order valence-corrected chi connectivity index (χ2v) is 6.83. The third-order valence-electron chi connectivity index (χ3n) is 3.29. The summed E-state index contributed by atoms with van der Waals surface area (Å²) in [6.07, 6.45) is 0.723. The molecular weight excluding hydrogens is 382 g/mol. The van der Waals surface area contributed by atoms with Crippen LogP contribution in [0.2, 0.25) is 0 Å². The Balaban J connectivity index is 2.32. The van der Waals surface area contributed by atoms with Crippen molar-refractivity contribution in [3.05, 3.63) is 62.5 Å². The lowest BCUT2D eigenvalue weighted by Crippen LogP contribution is -2.35. The van der Waals surface area contributed by atoms with Crippen LogP contribution >= 0.6 is 31.9 Å². The Morgan fingerprint density at radius 1 is 1.15 bits per heavy atom. The topological polar surface area (TPSA) is 35.2 Å². The summed E-state index contributed by atoms with van der Waals surface area (Å²) in [7, 11) is 1.67. The molecule has 0 bridgehead atoms. The molecule has 0 radical (unpaired) electrons. The van der Waals surface area contributed by atoms with Crippen LogP contribution in [0.25, 0.3) is 0 Å². The summed E-state index contributed by atoms with van der Waals surface area (Å²) in [5.74, 6) is 0.841. The van der Waals surface area contributed by atoms with Gasteiger partial charge in [-0.2, -0.15) is 0 Å². The third-order valence-corrected chi connectivity index (χ3v) is 4.56. The lowest BCUT2D eigenvalue weighted by molar-refractivity contribution is 0.413. The minimum atomic E-state index is -0.446. The Morgan fingerprint density at radius 2 is 1.90 bits per heavy atom. The van der Waals surface area contributed by atoms with Crippen LogP contribution in [-0.4, -0.2) is 7.11 Å². The van der Waals surface area contributed by atoms with Gasteiger partial charge in [-0.1, -0.05) is 44.0 Å². The highest BCUT2D eigenvalue weighted by molar-refractivity contribution is 9.10. The van der Waals surface area contributed by atoms with Gasteiger partial charge in [-0.25, -0.2) is 0 Å². The molecule has 106 valence electrons. The van der Waals surface area contributed by atoms with Gasteiger partial charge in [0.1, 0.15) is 5.75 Å². The van der Waals surface area contributed by atoms with E-state index in [-0.39, 0.29) is 0 Å². The number of nitrogens with two attached hydrogens (primary N) is 1. The first kappa shape index (κ1) is 15.5. The zero-order chi connectivity index (χ0) is 14.8. The van der Waals surface area contributed by atoms with E-state index in [1.54, 1.807) is 7.11 Å². The molecule has 0 aliphatic heterocycles. The van der Waals surface area contributed by atoms with Crippen LogP contribution in [0, 0.1) is 0 Å². The standard InChI is InChI=1S/C16H17Br2NO/c1-16(19,12-4-3-5-13(17)9-12)10-11-8-14(20-2)6-7-15(11)18/h3-9H,10,19H2,1-2H3. The van der Waals surface area contributed by atoms with Gasteiger partial charge in [0.15, 0.2) is 0 Å². The van der Waals surface area contributed by atoms with Gasteiger partial charge in [-0.3, -0.25) is 0 Å². The van der Waals surface area contributed by atoms with Gasteiger partial charge < -0.3 is 10.5 Å². The van der Waals surface area contributed by atoms with Gasteiger partial charge in [0.05, 0.1) is 7.11 Å². The average molecular weight is 399 g/mol. The normalized spacial score (nSPS) is 13.8. The molecule has 0 amide bonds. The van der Waals surface area contributed by atoms with E-state index in [9.17, 15) is 0 Å². The molecule has 0 saturated carbocycles. The van der Waals surface area contributed by atoms with Crippen molar-refractivity contribution >= 4 is 31.9 Å². The maximum Gasteiger partial charge on any atom is 0.119 e. The molecule has 2 aromatic rings. The second-order valence-electron chi connectivity index (χ2n) is 5.06. The summed E-state index contributed by atoms with van der Waals surface area (Å²) >= 11 is 7.07. The smallest absolute Gasteiger partial charge is 0.119 e. The van der Waals surface area contributed by atoms with Crippen LogP contribution in [0.5, 0.6) is 5.75 Å². The Kier molecular flexibility index (Phi) is 4.89. The van der Waals surface area contributed by atoms with Gasteiger partial charge in [-0.15, -0.1) is 0 Å². The quantitative estimate of drug-likeness (QED) is 0.814. The summed E-state index contributed by atoms with van der Waals surface area (Å²) in [6.45, 7) is 2.04. The van der Waals surface area contributed by atoms with Crippen LogP contribution in [-0.2, 0) is 12.0 Å². The fourth-order valence-corrected chi connectivity index (χ4v) is 2.94. The second kappa shape index (κ2) is 6.29. The van der Waals surface area contributed by atoms with Crippen molar-refractivity contribution in [2.24, 2.45) is 5.73 Å². The van der Waals surface area contributed by atoms with Crippen LogP contribution in [0.1, 0.15) is 18.1 Å². The fourth-order valence-electron chi connectivity index (χ4n) is 2.15. The van der Waals surface area contributed by atoms with Gasteiger partial charge in [0.25, 0.3) is 0 Å². The summed E-state index contributed by atoms with van der Waals surface area (Å²) in [5, 5.41) is 0. The van der Waals surface area contributed by atoms with Crippen LogP contribution < -0.4 is 10.5 Å². The Labute approximate surface area is 136 Å². The highest BCUT2D eigenvalue weighted by Crippen LogP contribution is 2.30. The number of methoxy groups -OCH3 is 1. The average Bonchev–Trinajstić information content (AvgIpc) is 2.41. The molecule has 0 aliphatic rings. The van der Waals surface area contributed by atoms with E-state index in [1.807, 2.05) is 37.3 Å². The predicted octanol–water partition coefficient (Wildman–Crippen LogP) is 4.64. The molecular formula is C16H17Br2NO. The Morgan fingerprint density at radius 3 is 2.55 bits per heavy atom. The van der Waals surface area contributed by atoms with Crippen molar-refractivity contribution in [1.29, 1.82) is 0 Å². The van der Waals surface area contributed by atoms with Gasteiger partial charge in [-0.05, 0) is 54.8 Å². The number of ether oxygens (including phenoxy) is 1. The number of hydrogen-bond acceptors (Lipinski definition) is 2. The molecule has 0 fully saturated rings. The van der Waals surface area contributed by atoms with Crippen molar-refractivity contribution in [2.45, 2.75) is 18.9 Å². The number of hydrogen-bond donors (Lipinski definition) is 1. The predicted molar refractivity (Wildman–Crippen MR) is 90.1 cm³/mol. The summed E-state index contributed by atoms with van der Waals surface area (Å²) in [5.41, 5.74) is 8.30. The molecule has 4 heteroatoms. The maximum atomic E-state index is 6.52. The molecule has 1 unspecified atom stereocenters. The first-order valence-corrected chi connectivity index (χ1v) is 7.88. The van der Waals surface area contributed by atoms with Crippen LogP contribution in [0.3, 0.4) is 0 Å². The summed E-state index contributed by atoms with van der Waals surface area (Å²) in [6, 6.07) is 14.1. The molecule has 2 nitrogen and oxygen atoms in total. The Bertz CT molecular complexity index is 611. The zero-order valence-corrected chi connectivity index (χ0v) is 14.7. The SMILES string of the molecule is COc1ccc(Br)c(CC(C)(N)c2cccc(Br)c2)c1. The van der Waals surface area contributed by atoms with Gasteiger partial charge in [0.2, 0.25) is 0 Å². The molecule has 2 N–H and O–H groups in total. The summed E-state index contributed by atoms with van der Waals surface area (Å²) < 4.78 is 7.36. The molecule has 0 aromatic heterocycles. The molecule has 20 heavy (non-hydrogen) atoms. The van der Waals surface area contributed by atoms with E-state index in [0.717, 1.165) is 32.2 Å². The maximum absolute atomic E-state index is 6.52. The molecule has 1 atom stereocenters. The molecule has 0 heterocycles. The molecule has 2 aromatic carbocycles. The van der Waals surface area contributed by atoms with E-state index in [4.69, 9.17) is 10.5 Å². The molecule has 2 rings (SSSR count). The van der Waals surface area contributed by atoms with Crippen molar-refractivity contribution in [3.8, 4) is 5.75 Å². The highest BCUT2D eigenvalue weighted by Gasteiger charge is 2.23. The zero-order valence-electron chi connectivity index (χ0n) is 11.5. The minimum Gasteiger partial charge on any atom is -0.497 e. The van der Waals surface area contributed by atoms with E-state index < -0.39 is 5.54 Å². The van der Waals surface area contributed by atoms with Gasteiger partial charge in [0, 0.05) is 14.5 Å². The largest absolute Gasteiger partial charge is 0.497 e. The summed E-state index contributed by atoms with van der Waals surface area (Å²) in [4.78, 5) is 0. The minimum absolute atomic E-state index is 0.446. The highest BCUT2D eigenvalue weighted by atomic mass is 79.9. The molecule has 0 aliphatic carbocycles. The van der Waals surface area contributed by atoms with E-state index >= 15 is 0 Å². The van der Waals surface area contributed by atoms with E-state index in [2.05, 4.69) is 44.0 Å². The third kappa shape index (κ3) is 3.62. The van der Waals surface area contributed by atoms with Crippen molar-refractivity contribution < 1.29 is 4.74 Å². The first-order chi connectivity index (χ1) is 9.42. The van der Waals surface area contributed by atoms with Crippen molar-refractivity contribution in [3.63, 3.8) is 0 Å². The van der Waals surface area contributed by atoms with E-state index in [0.29, 0.717) is 0 Å². The lowest BCUT2D eigenvalue weighted by atomic mass is 9.86. The number of halogens is 2. The van der Waals surface area contributed by atoms with Crippen LogP contribution in [0.15, 0.2) is 51.4 Å². The Hall–Kier alpha value is -0.840. The van der Waals surface area contributed by atoms with E-state index in [1.165, 1.54) is 0 Å². The number of benzene rings is 2. The lowest BCUT2D eigenvalue weighted by Gasteiger charge is -2.26. The number of rotatable bonds is 4. The van der Waals surface area contributed by atoms with Crippen LogP contribution in [0.4, 0.5) is 0 Å². The van der Waals surface area contributed by atoms with Gasteiger partial charge >= 0.3 is 0 Å². The monoisotopic (exact) mass is 397 g/mol. The van der Waals surface area contributed by atoms with Crippen molar-refractivity contribution in [2.75, 3.05) is 7.11 Å².